The van der Waals surface area contributed by atoms with Crippen molar-refractivity contribution in [1.82, 2.24) is 9.55 Å². The highest BCUT2D eigenvalue weighted by Gasteiger charge is 2.45. The number of allylic oxidation sites excluding steroid dienone is 6. The number of unbranched alkanes of at least 4 members (excludes halogenated alkanes) is 11. The molecule has 0 aromatic carbocycles. The third-order valence-corrected chi connectivity index (χ3v) is 14.9. The van der Waals surface area contributed by atoms with Crippen molar-refractivity contribution in [3.05, 3.63) is 71.4 Å². The lowest BCUT2D eigenvalue weighted by Crippen LogP contribution is -2.51. The van der Waals surface area contributed by atoms with Gasteiger partial charge in [0.1, 0.15) is 36.6 Å². The number of nitrogens with zero attached hydrogens (tertiary/aromatic N) is 2. The SMILES string of the molecule is CCCCCC/C=C\C=C/CCCCCCCC(=O)O[C@@H]1COC(=O)CCC/C=C\C[C@H]2C(=O)C[C@@H](O)[C@H](/C=C/[C@@H](O)CCCCC)[C@H](O)[C@H](O)[C@@H](COP(=O)(O)OP(=O)(O)OC1)O[C@H]2n1ccc(N)nc1=O. The Morgan fingerprint density at radius 3 is 2.21 bits per heavy atom. The van der Waals surface area contributed by atoms with Crippen LogP contribution in [0.15, 0.2) is 65.7 Å². The maximum atomic E-state index is 14.3. The maximum Gasteiger partial charge on any atom is 0.481 e. The second-order valence-corrected chi connectivity index (χ2v) is 21.5. The topological polar surface area (TPSA) is 323 Å². The lowest BCUT2D eigenvalue weighted by molar-refractivity contribution is -0.183. The molecule has 3 heterocycles. The van der Waals surface area contributed by atoms with Crippen LogP contribution in [0.2, 0.25) is 0 Å². The Bertz CT molecular complexity index is 2080. The molecular formula is C50H81N3O18P2. The molecule has 21 nitrogen and oxygen atoms in total. The summed E-state index contributed by atoms with van der Waals surface area (Å²) in [4.78, 5) is 78.4. The summed E-state index contributed by atoms with van der Waals surface area (Å²) in [5.41, 5.74) is 4.72. The number of hydrogen-bond acceptors (Lipinski definition) is 18. The first-order valence-corrected chi connectivity index (χ1v) is 28.8. The molecule has 23 heteroatoms. The van der Waals surface area contributed by atoms with E-state index in [1.165, 1.54) is 43.9 Å². The van der Waals surface area contributed by atoms with Crippen LogP contribution in [0.25, 0.3) is 0 Å². The van der Waals surface area contributed by atoms with Gasteiger partial charge in [0.25, 0.3) is 0 Å². The van der Waals surface area contributed by atoms with Crippen molar-refractivity contribution >= 4 is 39.2 Å². The number of ether oxygens (including phenoxy) is 3. The lowest BCUT2D eigenvalue weighted by Gasteiger charge is -2.38. The second kappa shape index (κ2) is 34.8. The van der Waals surface area contributed by atoms with Gasteiger partial charge in [-0.2, -0.15) is 9.29 Å². The summed E-state index contributed by atoms with van der Waals surface area (Å²) in [5.74, 6) is -5.18. The number of anilines is 1. The summed E-state index contributed by atoms with van der Waals surface area (Å²) in [7, 11) is -11.3. The van der Waals surface area contributed by atoms with Gasteiger partial charge in [-0.3, -0.25) is 28.0 Å². The first-order chi connectivity index (χ1) is 34.9. The quantitative estimate of drug-likeness (QED) is 0.0199. The third-order valence-electron chi connectivity index (χ3n) is 12.3. The first kappa shape index (κ1) is 63.6. The van der Waals surface area contributed by atoms with Gasteiger partial charge in [-0.05, 0) is 63.9 Å². The third kappa shape index (κ3) is 25.6. The van der Waals surface area contributed by atoms with Gasteiger partial charge in [-0.1, -0.05) is 120 Å². The van der Waals surface area contributed by atoms with Crippen LogP contribution in [-0.4, -0.2) is 114 Å². The number of aliphatic hydroxyl groups is 4. The number of esters is 2. The molecule has 2 aliphatic heterocycles. The molecule has 1 aromatic heterocycles. The number of Topliss-reactive ketones (excluding diaryl/α,β-unsaturated/α-hetero) is 1. The number of nitrogens with two attached hydrogens (primary N) is 1. The Morgan fingerprint density at radius 1 is 0.877 bits per heavy atom. The highest BCUT2D eigenvalue weighted by Crippen LogP contribution is 2.60. The van der Waals surface area contributed by atoms with Crippen LogP contribution >= 0.6 is 15.6 Å². The summed E-state index contributed by atoms with van der Waals surface area (Å²) in [5, 5.41) is 45.5. The molecule has 0 radical (unpaired) electrons. The molecule has 73 heavy (non-hydrogen) atoms. The van der Waals surface area contributed by atoms with Gasteiger partial charge in [-0.25, -0.2) is 13.9 Å². The number of carbonyl (C=O) groups is 3. The largest absolute Gasteiger partial charge is 0.481 e. The molecule has 2 aliphatic rings. The van der Waals surface area contributed by atoms with Crippen molar-refractivity contribution in [2.24, 2.45) is 11.8 Å². The van der Waals surface area contributed by atoms with E-state index in [2.05, 4.69) is 40.5 Å². The molecule has 0 aliphatic carbocycles. The first-order valence-electron chi connectivity index (χ1n) is 25.8. The van der Waals surface area contributed by atoms with E-state index in [0.29, 0.717) is 19.3 Å². The number of ketones is 1. The molecule has 2 unspecified atom stereocenters. The Hall–Kier alpha value is -3.69. The Labute approximate surface area is 429 Å². The molecule has 11 atom stereocenters. The van der Waals surface area contributed by atoms with Crippen molar-refractivity contribution in [3.63, 3.8) is 0 Å². The fourth-order valence-electron chi connectivity index (χ4n) is 8.11. The zero-order valence-electron chi connectivity index (χ0n) is 42.4. The number of aromatic nitrogens is 2. The van der Waals surface area contributed by atoms with Crippen molar-refractivity contribution in [1.29, 1.82) is 0 Å². The van der Waals surface area contributed by atoms with E-state index in [1.807, 2.05) is 6.92 Å². The van der Waals surface area contributed by atoms with Crippen LogP contribution in [0.3, 0.4) is 0 Å². The molecule has 8 N–H and O–H groups in total. The highest BCUT2D eigenvalue weighted by molar-refractivity contribution is 7.61. The molecule has 0 saturated carbocycles. The molecule has 0 spiro atoms. The van der Waals surface area contributed by atoms with Crippen LogP contribution in [0, 0.1) is 11.8 Å². The fraction of sp³-hybridized carbons (Fsp3) is 0.700. The molecule has 414 valence electrons. The Morgan fingerprint density at radius 2 is 1.52 bits per heavy atom. The normalized spacial score (nSPS) is 29.8. The van der Waals surface area contributed by atoms with Crippen molar-refractivity contribution < 1.29 is 81.3 Å². The monoisotopic (exact) mass is 1070 g/mol. The van der Waals surface area contributed by atoms with E-state index < -0.39 is 120 Å². The van der Waals surface area contributed by atoms with Gasteiger partial charge in [0.05, 0.1) is 37.4 Å². The van der Waals surface area contributed by atoms with E-state index in [-0.39, 0.29) is 37.9 Å². The second-order valence-electron chi connectivity index (χ2n) is 18.5. The minimum atomic E-state index is -5.73. The van der Waals surface area contributed by atoms with E-state index >= 15 is 0 Å². The molecule has 1 aromatic rings. The van der Waals surface area contributed by atoms with Gasteiger partial charge in [0.2, 0.25) is 0 Å². The number of phosphoric ester groups is 2. The molecule has 1 saturated heterocycles. The van der Waals surface area contributed by atoms with Crippen LogP contribution < -0.4 is 11.4 Å². The average molecular weight is 1070 g/mol. The van der Waals surface area contributed by atoms with E-state index in [1.54, 1.807) is 12.2 Å². The maximum absolute atomic E-state index is 14.3. The number of rotatable bonds is 22. The van der Waals surface area contributed by atoms with Crippen molar-refractivity contribution in [2.45, 2.75) is 192 Å². The summed E-state index contributed by atoms with van der Waals surface area (Å²) in [6, 6.07) is 1.21. The number of hydrogen-bond donors (Lipinski definition) is 7. The van der Waals surface area contributed by atoms with E-state index in [0.717, 1.165) is 62.1 Å². The van der Waals surface area contributed by atoms with Crippen molar-refractivity contribution in [2.75, 3.05) is 25.6 Å². The number of cyclic esters (lactones) is 1. The summed E-state index contributed by atoms with van der Waals surface area (Å²) in [6.45, 7) is 1.39. The summed E-state index contributed by atoms with van der Waals surface area (Å²) < 4.78 is 58.8. The molecule has 0 amide bonds. The average Bonchev–Trinajstić information content (AvgIpc) is 3.33. The van der Waals surface area contributed by atoms with E-state index in [4.69, 9.17) is 29.0 Å². The van der Waals surface area contributed by atoms with Crippen molar-refractivity contribution in [3.8, 4) is 0 Å². The smallest absolute Gasteiger partial charge is 0.462 e. The standard InChI is InChI=1S/C50H81N3O18P2/c1-3-5-7-8-9-10-11-12-13-14-15-16-17-18-24-28-46(58)69-38-34-66-45(57)27-23-20-19-22-26-40-42(56)33-41(55)39(30-29-37(54)25-21-6-4-2)47(59)48(60)43(36-68-73(64,65)71-72(62,63)67-35-38)70-49(40)53-32-31-44(51)52-50(53)61/h10-13,19,22,29-32,37-41,43,47-49,54-55,59-60H,3-9,14-18,20-21,23-28,33-36H2,1-2H3,(H,62,63)(H,64,65)(H2,51,52,61)/b11-10-,13-12-,22-19-,30-29+/t37-,38+,39-,40-,41+,43+,47-,48+,49+/m0/s1. The number of nitrogen functional groups attached to an aromatic ring is 1. The number of phosphoric acid groups is 2. The van der Waals surface area contributed by atoms with Crippen LogP contribution in [0.1, 0.15) is 155 Å². The van der Waals surface area contributed by atoms with Crippen LogP contribution in [-0.2, 0) is 51.1 Å². The fourth-order valence-corrected chi connectivity index (χ4v) is 10.2. The molecular weight excluding hydrogens is 993 g/mol. The number of aliphatic hydroxyl groups excluding tert-OH is 4. The van der Waals surface area contributed by atoms with Gasteiger partial charge in [0.15, 0.2) is 6.10 Å². The van der Waals surface area contributed by atoms with E-state index in [9.17, 15) is 58.5 Å². The van der Waals surface area contributed by atoms with Crippen LogP contribution in [0.5, 0.6) is 0 Å². The zero-order valence-corrected chi connectivity index (χ0v) is 44.2. The molecule has 3 rings (SSSR count). The van der Waals surface area contributed by atoms with Gasteiger partial charge in [0, 0.05) is 31.4 Å². The predicted molar refractivity (Wildman–Crippen MR) is 271 cm³/mol. The predicted octanol–water partition coefficient (Wildman–Crippen LogP) is 7.14. The highest BCUT2D eigenvalue weighted by atomic mass is 31.3. The van der Waals surface area contributed by atoms with Crippen LogP contribution in [0.4, 0.5) is 5.82 Å². The molecule has 1 fully saturated rings. The zero-order chi connectivity index (χ0) is 53.7. The summed E-state index contributed by atoms with van der Waals surface area (Å²) >= 11 is 0. The lowest BCUT2D eigenvalue weighted by atomic mass is 9.83. The summed E-state index contributed by atoms with van der Waals surface area (Å²) in [6.07, 6.45) is 16.4. The Balaban J connectivity index is 1.82. The molecule has 2 bridgehead atoms. The van der Waals surface area contributed by atoms with Gasteiger partial charge < -0.3 is 50.2 Å². The Kier molecular flexibility index (Phi) is 30.3. The number of fused-ring (bicyclic) bond motifs is 3. The van der Waals surface area contributed by atoms with Gasteiger partial charge >= 0.3 is 33.3 Å². The minimum Gasteiger partial charge on any atom is -0.462 e. The van der Waals surface area contributed by atoms with Gasteiger partial charge in [-0.15, -0.1) is 0 Å². The number of carbonyl (C=O) groups excluding carboxylic acids is 3. The minimum absolute atomic E-state index is 0.0235.